The third-order valence-corrected chi connectivity index (χ3v) is 3.07. The van der Waals surface area contributed by atoms with Gasteiger partial charge in [0.2, 0.25) is 0 Å². The summed E-state index contributed by atoms with van der Waals surface area (Å²) in [4.78, 5) is 4.67. The number of benzene rings is 2. The molecule has 0 amide bonds. The van der Waals surface area contributed by atoms with Gasteiger partial charge >= 0.3 is 0 Å². The topological polar surface area (TPSA) is 56.0 Å². The molecule has 2 aromatic heterocycles. The van der Waals surface area contributed by atoms with E-state index in [0.717, 1.165) is 27.9 Å². The van der Waals surface area contributed by atoms with E-state index >= 15 is 0 Å². The Labute approximate surface area is 108 Å². The lowest BCUT2D eigenvalue weighted by molar-refractivity contribution is 0.819. The van der Waals surface area contributed by atoms with Gasteiger partial charge in [-0.2, -0.15) is 4.52 Å². The van der Waals surface area contributed by atoms with Gasteiger partial charge in [0.1, 0.15) is 0 Å². The molecular weight excluding hydrogens is 238 g/mol. The average molecular weight is 247 g/mol. The Kier molecular flexibility index (Phi) is 2.05. The summed E-state index contributed by atoms with van der Waals surface area (Å²) in [6.45, 7) is 0. The maximum absolute atomic E-state index is 4.67. The number of hydrogen-bond acceptors (Lipinski definition) is 4. The SMILES string of the molecule is c1ccc(-c2nc3ccccc3c3nnnn23)cc1. The summed E-state index contributed by atoms with van der Waals surface area (Å²) in [7, 11) is 0. The molecule has 90 valence electrons. The van der Waals surface area contributed by atoms with Crippen LogP contribution in [0.1, 0.15) is 0 Å². The molecule has 0 unspecified atom stereocenters. The van der Waals surface area contributed by atoms with Crippen LogP contribution in [-0.4, -0.2) is 25.0 Å². The summed E-state index contributed by atoms with van der Waals surface area (Å²) in [5, 5.41) is 12.8. The van der Waals surface area contributed by atoms with Crippen molar-refractivity contribution in [3.63, 3.8) is 0 Å². The van der Waals surface area contributed by atoms with Crippen molar-refractivity contribution in [2.75, 3.05) is 0 Å². The molecule has 0 saturated carbocycles. The van der Waals surface area contributed by atoms with Gasteiger partial charge in [-0.15, -0.1) is 5.10 Å². The van der Waals surface area contributed by atoms with E-state index < -0.39 is 0 Å². The highest BCUT2D eigenvalue weighted by atomic mass is 15.5. The maximum atomic E-state index is 4.67. The second kappa shape index (κ2) is 3.84. The summed E-state index contributed by atoms with van der Waals surface area (Å²) >= 11 is 0. The molecular formula is C14H9N5. The lowest BCUT2D eigenvalue weighted by Gasteiger charge is -2.05. The van der Waals surface area contributed by atoms with Gasteiger partial charge in [0.25, 0.3) is 0 Å². The molecule has 0 aliphatic rings. The second-order valence-electron chi connectivity index (χ2n) is 4.23. The standard InChI is InChI=1S/C14H9N5/c1-2-6-10(7-3-1)13-15-12-9-5-4-8-11(12)14-16-17-18-19(13)14/h1-9H. The normalized spacial score (nSPS) is 11.2. The number of aromatic nitrogens is 5. The van der Waals surface area contributed by atoms with E-state index in [0.29, 0.717) is 0 Å². The van der Waals surface area contributed by atoms with Crippen LogP contribution in [0.5, 0.6) is 0 Å². The van der Waals surface area contributed by atoms with Crippen LogP contribution in [0.4, 0.5) is 0 Å². The third kappa shape index (κ3) is 1.48. The summed E-state index contributed by atoms with van der Waals surface area (Å²) in [6, 6.07) is 17.8. The van der Waals surface area contributed by atoms with Crippen LogP contribution in [-0.2, 0) is 0 Å². The minimum absolute atomic E-state index is 0.726. The van der Waals surface area contributed by atoms with Gasteiger partial charge in [-0.25, -0.2) is 4.98 Å². The number of nitrogens with zero attached hydrogens (tertiary/aromatic N) is 5. The Bertz CT molecular complexity index is 867. The van der Waals surface area contributed by atoms with E-state index in [1.54, 1.807) is 4.52 Å². The minimum atomic E-state index is 0.726. The molecule has 0 aliphatic carbocycles. The monoisotopic (exact) mass is 247 g/mol. The molecule has 0 atom stereocenters. The van der Waals surface area contributed by atoms with Crippen LogP contribution in [0.25, 0.3) is 27.9 Å². The van der Waals surface area contributed by atoms with Gasteiger partial charge in [0.05, 0.1) is 5.52 Å². The van der Waals surface area contributed by atoms with Crippen LogP contribution >= 0.6 is 0 Å². The molecule has 4 aromatic rings. The van der Waals surface area contributed by atoms with Gasteiger partial charge in [0, 0.05) is 10.9 Å². The molecule has 4 rings (SSSR count). The van der Waals surface area contributed by atoms with Crippen molar-refractivity contribution < 1.29 is 0 Å². The average Bonchev–Trinajstić information content (AvgIpc) is 2.97. The Morgan fingerprint density at radius 3 is 2.53 bits per heavy atom. The summed E-state index contributed by atoms with van der Waals surface area (Å²) in [5.41, 5.74) is 2.61. The van der Waals surface area contributed by atoms with E-state index in [9.17, 15) is 0 Å². The summed E-state index contributed by atoms with van der Waals surface area (Å²) in [6.07, 6.45) is 0. The lowest BCUT2D eigenvalue weighted by Crippen LogP contribution is -1.99. The van der Waals surface area contributed by atoms with E-state index in [-0.39, 0.29) is 0 Å². The van der Waals surface area contributed by atoms with Crippen molar-refractivity contribution in [2.24, 2.45) is 0 Å². The summed E-state index contributed by atoms with van der Waals surface area (Å²) < 4.78 is 1.68. The number of para-hydroxylation sites is 1. The van der Waals surface area contributed by atoms with Crippen LogP contribution < -0.4 is 0 Å². The Balaban J connectivity index is 2.17. The molecule has 5 nitrogen and oxygen atoms in total. The predicted molar refractivity (Wildman–Crippen MR) is 71.5 cm³/mol. The van der Waals surface area contributed by atoms with E-state index in [1.807, 2.05) is 54.6 Å². The zero-order valence-corrected chi connectivity index (χ0v) is 9.93. The first-order valence-corrected chi connectivity index (χ1v) is 5.96. The van der Waals surface area contributed by atoms with Gasteiger partial charge in [-0.3, -0.25) is 0 Å². The molecule has 0 radical (unpaired) electrons. The Hall–Kier alpha value is -2.82. The fraction of sp³-hybridized carbons (Fsp3) is 0. The maximum Gasteiger partial charge on any atom is 0.191 e. The van der Waals surface area contributed by atoms with Crippen molar-refractivity contribution in [3.05, 3.63) is 54.6 Å². The smallest absolute Gasteiger partial charge is 0.191 e. The van der Waals surface area contributed by atoms with Crippen molar-refractivity contribution in [3.8, 4) is 11.4 Å². The zero-order valence-electron chi connectivity index (χ0n) is 9.93. The molecule has 0 N–H and O–H groups in total. The largest absolute Gasteiger partial charge is 0.228 e. The predicted octanol–water partition coefficient (Wildman–Crippen LogP) is 2.34. The second-order valence-corrected chi connectivity index (χ2v) is 4.23. The zero-order chi connectivity index (χ0) is 12.7. The molecule has 19 heavy (non-hydrogen) atoms. The molecule has 0 spiro atoms. The van der Waals surface area contributed by atoms with Crippen molar-refractivity contribution in [1.29, 1.82) is 0 Å². The van der Waals surface area contributed by atoms with Crippen LogP contribution in [0.3, 0.4) is 0 Å². The Morgan fingerprint density at radius 2 is 1.63 bits per heavy atom. The highest BCUT2D eigenvalue weighted by Crippen LogP contribution is 2.22. The molecule has 0 fully saturated rings. The van der Waals surface area contributed by atoms with Crippen molar-refractivity contribution in [1.82, 2.24) is 25.0 Å². The van der Waals surface area contributed by atoms with E-state index in [2.05, 4.69) is 20.5 Å². The van der Waals surface area contributed by atoms with Crippen LogP contribution in [0, 0.1) is 0 Å². The quantitative estimate of drug-likeness (QED) is 0.518. The van der Waals surface area contributed by atoms with Crippen molar-refractivity contribution in [2.45, 2.75) is 0 Å². The van der Waals surface area contributed by atoms with Crippen LogP contribution in [0.2, 0.25) is 0 Å². The van der Waals surface area contributed by atoms with E-state index in [4.69, 9.17) is 0 Å². The highest BCUT2D eigenvalue weighted by Gasteiger charge is 2.11. The number of tetrazole rings is 1. The molecule has 0 bridgehead atoms. The lowest BCUT2D eigenvalue weighted by atomic mass is 10.2. The Morgan fingerprint density at radius 1 is 0.842 bits per heavy atom. The molecule has 0 aliphatic heterocycles. The number of rotatable bonds is 1. The number of fused-ring (bicyclic) bond motifs is 3. The van der Waals surface area contributed by atoms with Gasteiger partial charge in [-0.05, 0) is 22.6 Å². The number of hydrogen-bond donors (Lipinski definition) is 0. The van der Waals surface area contributed by atoms with E-state index in [1.165, 1.54) is 0 Å². The van der Waals surface area contributed by atoms with Gasteiger partial charge in [-0.1, -0.05) is 42.5 Å². The van der Waals surface area contributed by atoms with Crippen molar-refractivity contribution >= 4 is 16.6 Å². The molecule has 2 aromatic carbocycles. The van der Waals surface area contributed by atoms with Gasteiger partial charge < -0.3 is 0 Å². The molecule has 2 heterocycles. The minimum Gasteiger partial charge on any atom is -0.228 e. The van der Waals surface area contributed by atoms with Gasteiger partial charge in [0.15, 0.2) is 11.5 Å². The third-order valence-electron chi connectivity index (χ3n) is 3.07. The molecule has 0 saturated heterocycles. The first-order chi connectivity index (χ1) is 9.43. The van der Waals surface area contributed by atoms with Crippen LogP contribution in [0.15, 0.2) is 54.6 Å². The first kappa shape index (κ1) is 10.1. The summed E-state index contributed by atoms with van der Waals surface area (Å²) in [5.74, 6) is 0.749. The highest BCUT2D eigenvalue weighted by molar-refractivity contribution is 5.92. The fourth-order valence-electron chi connectivity index (χ4n) is 2.19. The molecule has 5 heteroatoms. The first-order valence-electron chi connectivity index (χ1n) is 5.96. The fourth-order valence-corrected chi connectivity index (χ4v) is 2.19.